The Balaban J connectivity index is 1.18. The Labute approximate surface area is 294 Å². The normalized spacial score (nSPS) is 13.0. The molecule has 0 N–H and O–H groups in total. The summed E-state index contributed by atoms with van der Waals surface area (Å²) in [4.78, 5) is 14.7. The van der Waals surface area contributed by atoms with Crippen molar-refractivity contribution in [3.63, 3.8) is 0 Å². The maximum Gasteiger partial charge on any atom is 0.164 e. The Kier molecular flexibility index (Phi) is 5.35. The molecule has 5 nitrogen and oxygen atoms in total. The van der Waals surface area contributed by atoms with Gasteiger partial charge in [-0.25, -0.2) is 15.0 Å². The van der Waals surface area contributed by atoms with E-state index >= 15 is 0 Å². The summed E-state index contributed by atoms with van der Waals surface area (Å²) in [6, 6.07) is 43.9. The lowest BCUT2D eigenvalue weighted by Gasteiger charge is -2.11. The van der Waals surface area contributed by atoms with Gasteiger partial charge in [-0.2, -0.15) is 0 Å². The van der Waals surface area contributed by atoms with Crippen LogP contribution in [0.1, 0.15) is 6.85 Å². The number of para-hydroxylation sites is 1. The fourth-order valence-corrected chi connectivity index (χ4v) is 6.85. The van der Waals surface area contributed by atoms with E-state index < -0.39 is 6.04 Å². The van der Waals surface area contributed by atoms with E-state index in [1.165, 1.54) is 0 Å². The first-order chi connectivity index (χ1) is 26.9. The summed E-state index contributed by atoms with van der Waals surface area (Å²) in [7, 11) is 0. The standard InChI is InChI=1S/C45H28N4O/c1-4-13-29(14-5-1)32-23-25-35-34-19-10-11-20-37(34)49(39(35)27-32)38-21-12-22-40-42(38)36-26-24-33(28-41(36)50-40)45-47-43(30-15-6-2-7-16-30)46-44(48-45)31-17-8-3-9-18-31/h1-28H/i1D,4D,5D,13D,14D. The number of nitrogens with zero attached hydrogens (tertiary/aromatic N) is 4. The van der Waals surface area contributed by atoms with Crippen LogP contribution >= 0.6 is 0 Å². The smallest absolute Gasteiger partial charge is 0.164 e. The molecule has 50 heavy (non-hydrogen) atoms. The third-order valence-corrected chi connectivity index (χ3v) is 9.14. The molecule has 0 aliphatic carbocycles. The van der Waals surface area contributed by atoms with E-state index in [1.807, 2.05) is 121 Å². The Morgan fingerprint density at radius 1 is 0.440 bits per heavy atom. The van der Waals surface area contributed by atoms with E-state index in [0.717, 1.165) is 55.0 Å². The van der Waals surface area contributed by atoms with Crippen LogP contribution in [0.3, 0.4) is 0 Å². The summed E-state index contributed by atoms with van der Waals surface area (Å²) in [6.07, 6.45) is 0. The molecule has 3 heterocycles. The predicted molar refractivity (Wildman–Crippen MR) is 203 cm³/mol. The zero-order valence-electron chi connectivity index (χ0n) is 31.5. The Hall–Kier alpha value is -6.85. The van der Waals surface area contributed by atoms with Gasteiger partial charge < -0.3 is 8.98 Å². The highest BCUT2D eigenvalue weighted by atomic mass is 16.3. The Morgan fingerprint density at radius 2 is 1.06 bits per heavy atom. The molecular formula is C45H28N4O. The van der Waals surface area contributed by atoms with Crippen molar-refractivity contribution in [1.82, 2.24) is 19.5 Å². The first-order valence-electron chi connectivity index (χ1n) is 18.8. The van der Waals surface area contributed by atoms with Crippen molar-refractivity contribution in [2.75, 3.05) is 0 Å². The number of hydrogen-bond donors (Lipinski definition) is 0. The molecule has 0 bridgehead atoms. The second-order valence-electron chi connectivity index (χ2n) is 12.1. The molecule has 0 aliphatic rings. The van der Waals surface area contributed by atoms with E-state index in [1.54, 1.807) is 0 Å². The number of furan rings is 1. The van der Waals surface area contributed by atoms with Crippen LogP contribution < -0.4 is 0 Å². The molecule has 0 radical (unpaired) electrons. The summed E-state index contributed by atoms with van der Waals surface area (Å²) in [5.41, 5.74) is 7.29. The molecular weight excluding hydrogens is 613 g/mol. The van der Waals surface area contributed by atoms with Crippen molar-refractivity contribution in [3.05, 3.63) is 170 Å². The highest BCUT2D eigenvalue weighted by molar-refractivity contribution is 6.15. The lowest BCUT2D eigenvalue weighted by Crippen LogP contribution is -2.00. The third-order valence-electron chi connectivity index (χ3n) is 9.14. The topological polar surface area (TPSA) is 56.7 Å². The van der Waals surface area contributed by atoms with Crippen LogP contribution in [0.2, 0.25) is 0 Å². The molecule has 10 rings (SSSR count). The molecule has 3 aromatic heterocycles. The zero-order valence-corrected chi connectivity index (χ0v) is 26.5. The predicted octanol–water partition coefficient (Wildman–Crippen LogP) is 11.5. The SMILES string of the molecule is [2H]c1c([2H])c([2H])c(-c2ccc3c4ccccc4n(-c4cccc5oc6cc(-c7nc(-c8ccccc8)nc(-c8ccccc8)n7)ccc6c45)c3c2)c([2H])c1[2H]. The maximum atomic E-state index is 8.67. The van der Waals surface area contributed by atoms with E-state index in [9.17, 15) is 0 Å². The van der Waals surface area contributed by atoms with Crippen LogP contribution in [-0.4, -0.2) is 19.5 Å². The van der Waals surface area contributed by atoms with Crippen molar-refractivity contribution in [2.24, 2.45) is 0 Å². The van der Waals surface area contributed by atoms with Crippen LogP contribution in [-0.2, 0) is 0 Å². The van der Waals surface area contributed by atoms with Crippen LogP contribution in [0.15, 0.2) is 174 Å². The highest BCUT2D eigenvalue weighted by Gasteiger charge is 2.19. The van der Waals surface area contributed by atoms with Crippen LogP contribution in [0.4, 0.5) is 0 Å². The van der Waals surface area contributed by atoms with Gasteiger partial charge in [0, 0.05) is 32.8 Å². The maximum absolute atomic E-state index is 8.67. The number of aromatic nitrogens is 4. The van der Waals surface area contributed by atoms with Gasteiger partial charge in [-0.1, -0.05) is 133 Å². The van der Waals surface area contributed by atoms with Crippen molar-refractivity contribution in [1.29, 1.82) is 0 Å². The summed E-state index contributed by atoms with van der Waals surface area (Å²) >= 11 is 0. The first kappa shape index (κ1) is 23.5. The molecule has 0 amide bonds. The molecule has 0 aliphatic heterocycles. The molecule has 0 fully saturated rings. The molecule has 0 saturated carbocycles. The summed E-state index contributed by atoms with van der Waals surface area (Å²) in [5, 5.41) is 3.81. The lowest BCUT2D eigenvalue weighted by molar-refractivity contribution is 0.669. The van der Waals surface area contributed by atoms with E-state index in [4.69, 9.17) is 26.2 Å². The van der Waals surface area contributed by atoms with Gasteiger partial charge in [0.1, 0.15) is 11.2 Å². The summed E-state index contributed by atoms with van der Waals surface area (Å²) in [6.45, 7) is 0. The van der Waals surface area contributed by atoms with Crippen molar-refractivity contribution < 1.29 is 11.3 Å². The van der Waals surface area contributed by atoms with Gasteiger partial charge in [0.2, 0.25) is 0 Å². The van der Waals surface area contributed by atoms with Crippen LogP contribution in [0.25, 0.3) is 94.7 Å². The van der Waals surface area contributed by atoms with E-state index in [2.05, 4.69) is 22.8 Å². The molecule has 234 valence electrons. The second kappa shape index (κ2) is 11.4. The number of fused-ring (bicyclic) bond motifs is 6. The van der Waals surface area contributed by atoms with Gasteiger partial charge in [-0.05, 0) is 47.5 Å². The lowest BCUT2D eigenvalue weighted by atomic mass is 10.0. The largest absolute Gasteiger partial charge is 0.456 e. The second-order valence-corrected chi connectivity index (χ2v) is 12.1. The average molecular weight is 646 g/mol. The van der Waals surface area contributed by atoms with Crippen molar-refractivity contribution in [2.45, 2.75) is 0 Å². The van der Waals surface area contributed by atoms with Gasteiger partial charge in [0.25, 0.3) is 0 Å². The minimum atomic E-state index is -0.417. The number of benzene rings is 7. The minimum absolute atomic E-state index is 0.161. The van der Waals surface area contributed by atoms with Crippen molar-refractivity contribution >= 4 is 43.7 Å². The Bertz CT molecular complexity index is 3070. The molecule has 10 aromatic rings. The van der Waals surface area contributed by atoms with Gasteiger partial charge in [0.05, 0.1) is 29.0 Å². The minimum Gasteiger partial charge on any atom is -0.456 e. The fraction of sp³-hybridized carbons (Fsp3) is 0. The summed E-state index contributed by atoms with van der Waals surface area (Å²) in [5.74, 6) is 1.68. The van der Waals surface area contributed by atoms with Gasteiger partial charge in [-0.3, -0.25) is 0 Å². The Morgan fingerprint density at radius 3 is 1.80 bits per heavy atom. The zero-order chi connectivity index (χ0) is 37.4. The first-order valence-corrected chi connectivity index (χ1v) is 16.3. The van der Waals surface area contributed by atoms with E-state index in [-0.39, 0.29) is 29.7 Å². The monoisotopic (exact) mass is 645 g/mol. The summed E-state index contributed by atoms with van der Waals surface area (Å²) < 4.78 is 50.8. The molecule has 7 aromatic carbocycles. The molecule has 0 spiro atoms. The molecule has 0 atom stereocenters. The molecule has 0 saturated heterocycles. The average Bonchev–Trinajstić information content (AvgIpc) is 3.78. The van der Waals surface area contributed by atoms with Gasteiger partial charge >= 0.3 is 0 Å². The highest BCUT2D eigenvalue weighted by Crippen LogP contribution is 2.40. The van der Waals surface area contributed by atoms with Gasteiger partial charge in [-0.15, -0.1) is 0 Å². The van der Waals surface area contributed by atoms with Crippen LogP contribution in [0, 0.1) is 0 Å². The molecule has 0 unspecified atom stereocenters. The third kappa shape index (κ3) is 4.60. The van der Waals surface area contributed by atoms with Crippen molar-refractivity contribution in [3.8, 4) is 51.0 Å². The van der Waals surface area contributed by atoms with Gasteiger partial charge in [0.15, 0.2) is 17.5 Å². The number of hydrogen-bond acceptors (Lipinski definition) is 4. The van der Waals surface area contributed by atoms with E-state index in [0.29, 0.717) is 34.2 Å². The fourth-order valence-electron chi connectivity index (χ4n) is 6.85. The quantitative estimate of drug-likeness (QED) is 0.187. The number of rotatable bonds is 5. The molecule has 5 heteroatoms. The van der Waals surface area contributed by atoms with Crippen LogP contribution in [0.5, 0.6) is 0 Å².